The third-order valence-electron chi connectivity index (χ3n) is 4.71. The van der Waals surface area contributed by atoms with Gasteiger partial charge in [-0.3, -0.25) is 9.59 Å². The highest BCUT2D eigenvalue weighted by Crippen LogP contribution is 2.33. The van der Waals surface area contributed by atoms with Crippen LogP contribution in [0.5, 0.6) is 0 Å². The van der Waals surface area contributed by atoms with Gasteiger partial charge in [0.25, 0.3) is 0 Å². The van der Waals surface area contributed by atoms with Crippen LogP contribution in [0, 0.1) is 11.8 Å². The fourth-order valence-corrected chi connectivity index (χ4v) is 3.21. The summed E-state index contributed by atoms with van der Waals surface area (Å²) in [7, 11) is 0. The Labute approximate surface area is 150 Å². The molecular formula is C20H32O5. The molecule has 1 rings (SSSR count). The maximum atomic E-state index is 12.1. The van der Waals surface area contributed by atoms with E-state index < -0.39 is 12.1 Å². The molecule has 1 aliphatic carbocycles. The number of carboxylic acid groups (broad SMARTS) is 1. The van der Waals surface area contributed by atoms with Crippen LogP contribution in [0.3, 0.4) is 0 Å². The first-order chi connectivity index (χ1) is 12.0. The van der Waals surface area contributed by atoms with Crippen LogP contribution in [-0.2, 0) is 9.59 Å². The zero-order valence-corrected chi connectivity index (χ0v) is 15.1. The number of carbonyl (C=O) groups excluding carboxylic acids is 1. The number of Topliss-reactive ketones (excluding diaryl/α,β-unsaturated/α-hetero) is 1. The molecule has 0 saturated heterocycles. The highest BCUT2D eigenvalue weighted by molar-refractivity contribution is 5.84. The van der Waals surface area contributed by atoms with Gasteiger partial charge in [-0.2, -0.15) is 0 Å². The number of aliphatic hydroxyl groups is 2. The number of allylic oxidation sites excluding steroid dienone is 2. The van der Waals surface area contributed by atoms with Crippen LogP contribution < -0.4 is 0 Å². The van der Waals surface area contributed by atoms with Crippen LogP contribution in [0.15, 0.2) is 24.3 Å². The normalized spacial score (nSPS) is 25.2. The van der Waals surface area contributed by atoms with Crippen LogP contribution in [0.2, 0.25) is 0 Å². The zero-order valence-electron chi connectivity index (χ0n) is 15.1. The van der Waals surface area contributed by atoms with Crippen molar-refractivity contribution in [2.75, 3.05) is 0 Å². The molecule has 4 atom stereocenters. The van der Waals surface area contributed by atoms with Gasteiger partial charge in [0, 0.05) is 24.7 Å². The monoisotopic (exact) mass is 352 g/mol. The Kier molecular flexibility index (Phi) is 10.3. The summed E-state index contributed by atoms with van der Waals surface area (Å²) in [5, 5.41) is 28.6. The van der Waals surface area contributed by atoms with E-state index in [4.69, 9.17) is 5.11 Å². The number of rotatable bonds is 12. The van der Waals surface area contributed by atoms with Crippen molar-refractivity contribution in [3.63, 3.8) is 0 Å². The van der Waals surface area contributed by atoms with E-state index in [1.807, 2.05) is 24.3 Å². The molecule has 3 N–H and O–H groups in total. The van der Waals surface area contributed by atoms with E-state index in [1.165, 1.54) is 0 Å². The minimum atomic E-state index is -0.797. The molecule has 0 aromatic heterocycles. The Morgan fingerprint density at radius 2 is 2.04 bits per heavy atom. The number of unbranched alkanes of at least 4 members (excludes halogenated alkanes) is 2. The van der Waals surface area contributed by atoms with Crippen molar-refractivity contribution in [3.8, 4) is 0 Å². The average Bonchev–Trinajstić information content (AvgIpc) is 2.82. The maximum Gasteiger partial charge on any atom is 0.303 e. The molecule has 5 heteroatoms. The van der Waals surface area contributed by atoms with E-state index in [1.54, 1.807) is 0 Å². The lowest BCUT2D eigenvalue weighted by molar-refractivity contribution is -0.137. The zero-order chi connectivity index (χ0) is 18.7. The standard InChI is InChI=1S/C20H32O5/c1-2-3-9-15(21)10-8-12-17-16(18(22)14-19(17)23)11-6-4-5-7-13-20(24)25/h4,6,8,12,15-17,19,21,23H,2-3,5,7,9-11,13-14H2,1H3,(H,24,25)/b6-4-,12-8+/t15?,16-,17-,19-/m1/s1. The lowest BCUT2D eigenvalue weighted by atomic mass is 9.90. The number of hydrogen-bond acceptors (Lipinski definition) is 4. The second-order valence-corrected chi connectivity index (χ2v) is 6.87. The number of carboxylic acids is 1. The Bertz CT molecular complexity index is 469. The molecule has 0 heterocycles. The van der Waals surface area contributed by atoms with Gasteiger partial charge in [-0.1, -0.05) is 44.1 Å². The van der Waals surface area contributed by atoms with E-state index in [-0.39, 0.29) is 36.6 Å². The topological polar surface area (TPSA) is 94.8 Å². The van der Waals surface area contributed by atoms with Crippen LogP contribution in [0.25, 0.3) is 0 Å². The van der Waals surface area contributed by atoms with Gasteiger partial charge >= 0.3 is 5.97 Å². The molecule has 142 valence electrons. The van der Waals surface area contributed by atoms with Gasteiger partial charge in [-0.25, -0.2) is 0 Å². The number of aliphatic hydroxyl groups excluding tert-OH is 2. The maximum absolute atomic E-state index is 12.1. The second kappa shape index (κ2) is 12.0. The smallest absolute Gasteiger partial charge is 0.303 e. The minimum absolute atomic E-state index is 0.0730. The minimum Gasteiger partial charge on any atom is -0.481 e. The van der Waals surface area contributed by atoms with Gasteiger partial charge in [0.05, 0.1) is 12.2 Å². The van der Waals surface area contributed by atoms with Gasteiger partial charge in [0.15, 0.2) is 0 Å². The van der Waals surface area contributed by atoms with Gasteiger partial charge < -0.3 is 15.3 Å². The third kappa shape index (κ3) is 8.45. The first kappa shape index (κ1) is 21.6. The second-order valence-electron chi connectivity index (χ2n) is 6.87. The molecule has 0 aliphatic heterocycles. The number of carbonyl (C=O) groups is 2. The molecule has 0 amide bonds. The summed E-state index contributed by atoms with van der Waals surface area (Å²) >= 11 is 0. The van der Waals surface area contributed by atoms with E-state index in [0.29, 0.717) is 25.7 Å². The molecule has 1 saturated carbocycles. The summed E-state index contributed by atoms with van der Waals surface area (Å²) in [6.07, 6.45) is 12.1. The summed E-state index contributed by atoms with van der Waals surface area (Å²) in [6, 6.07) is 0. The average molecular weight is 352 g/mol. The van der Waals surface area contributed by atoms with E-state index in [2.05, 4.69) is 6.92 Å². The Balaban J connectivity index is 2.45. The van der Waals surface area contributed by atoms with Crippen molar-refractivity contribution in [1.82, 2.24) is 0 Å². The largest absolute Gasteiger partial charge is 0.481 e. The van der Waals surface area contributed by atoms with Crippen molar-refractivity contribution in [2.45, 2.75) is 76.9 Å². The van der Waals surface area contributed by atoms with Crippen molar-refractivity contribution in [3.05, 3.63) is 24.3 Å². The van der Waals surface area contributed by atoms with Crippen LogP contribution in [0.4, 0.5) is 0 Å². The quantitative estimate of drug-likeness (QED) is 0.370. The molecule has 0 spiro atoms. The summed E-state index contributed by atoms with van der Waals surface area (Å²) in [5.41, 5.74) is 0. The molecule has 1 unspecified atom stereocenters. The molecule has 0 radical (unpaired) electrons. The van der Waals surface area contributed by atoms with Gasteiger partial charge in [-0.15, -0.1) is 0 Å². The number of aliphatic carboxylic acids is 1. The van der Waals surface area contributed by atoms with Crippen molar-refractivity contribution in [2.24, 2.45) is 11.8 Å². The molecule has 1 fully saturated rings. The SMILES string of the molecule is CCCCC(O)C/C=C/[C@H]1[C@H](O)CC(=O)[C@@H]1C/C=C\CCCC(=O)O. The summed E-state index contributed by atoms with van der Waals surface area (Å²) in [4.78, 5) is 22.5. The Hall–Kier alpha value is -1.46. The number of hydrogen-bond donors (Lipinski definition) is 3. The summed E-state index contributed by atoms with van der Waals surface area (Å²) in [5.74, 6) is -1.15. The van der Waals surface area contributed by atoms with E-state index >= 15 is 0 Å². The van der Waals surface area contributed by atoms with Crippen molar-refractivity contribution < 1.29 is 24.9 Å². The van der Waals surface area contributed by atoms with Crippen LogP contribution >= 0.6 is 0 Å². The van der Waals surface area contributed by atoms with Gasteiger partial charge in [0.1, 0.15) is 5.78 Å². The molecule has 0 aromatic carbocycles. The fraction of sp³-hybridized carbons (Fsp3) is 0.700. The first-order valence-electron chi connectivity index (χ1n) is 9.38. The van der Waals surface area contributed by atoms with Crippen LogP contribution in [0.1, 0.15) is 64.7 Å². The molecule has 0 aromatic rings. The lowest BCUT2D eigenvalue weighted by Crippen LogP contribution is -2.18. The number of ketones is 1. The summed E-state index contributed by atoms with van der Waals surface area (Å²) in [6.45, 7) is 2.09. The first-order valence-corrected chi connectivity index (χ1v) is 9.38. The molecule has 5 nitrogen and oxygen atoms in total. The van der Waals surface area contributed by atoms with E-state index in [9.17, 15) is 19.8 Å². The molecular weight excluding hydrogens is 320 g/mol. The molecule has 25 heavy (non-hydrogen) atoms. The van der Waals surface area contributed by atoms with E-state index in [0.717, 1.165) is 19.3 Å². The van der Waals surface area contributed by atoms with Crippen LogP contribution in [-0.4, -0.2) is 39.3 Å². The Morgan fingerprint density at radius 1 is 1.28 bits per heavy atom. The highest BCUT2D eigenvalue weighted by Gasteiger charge is 2.38. The van der Waals surface area contributed by atoms with Gasteiger partial charge in [0.2, 0.25) is 0 Å². The van der Waals surface area contributed by atoms with Crippen molar-refractivity contribution in [1.29, 1.82) is 0 Å². The predicted molar refractivity (Wildman–Crippen MR) is 97.1 cm³/mol. The third-order valence-corrected chi connectivity index (χ3v) is 4.71. The molecule has 1 aliphatic rings. The Morgan fingerprint density at radius 3 is 2.72 bits per heavy atom. The highest BCUT2D eigenvalue weighted by atomic mass is 16.4. The predicted octanol–water partition coefficient (Wildman–Crippen LogP) is 3.25. The fourth-order valence-electron chi connectivity index (χ4n) is 3.21. The molecule has 0 bridgehead atoms. The summed E-state index contributed by atoms with van der Waals surface area (Å²) < 4.78 is 0. The van der Waals surface area contributed by atoms with Gasteiger partial charge in [-0.05, 0) is 32.1 Å². The lowest BCUT2D eigenvalue weighted by Gasteiger charge is -2.16. The van der Waals surface area contributed by atoms with Crippen molar-refractivity contribution >= 4 is 11.8 Å².